The molecule has 7 nitrogen and oxygen atoms in total. The molecule has 0 bridgehead atoms. The lowest BCUT2D eigenvalue weighted by molar-refractivity contribution is -0.0695. The van der Waals surface area contributed by atoms with E-state index in [1.165, 1.54) is 17.2 Å². The zero-order chi connectivity index (χ0) is 30.1. The number of aliphatic hydroxyl groups excluding tert-OH is 1. The van der Waals surface area contributed by atoms with E-state index in [2.05, 4.69) is 41.8 Å². The number of hydrogen-bond donors (Lipinski definition) is 2. The summed E-state index contributed by atoms with van der Waals surface area (Å²) < 4.78 is 33.6. The van der Waals surface area contributed by atoms with Gasteiger partial charge in [-0.2, -0.15) is 0 Å². The van der Waals surface area contributed by atoms with Crippen LogP contribution >= 0.6 is 11.6 Å². The maximum Gasteiger partial charge on any atom is 0.264 e. The third-order valence-corrected chi connectivity index (χ3v) is 11.2. The Labute approximate surface area is 254 Å². The number of fused-ring (bicyclic) bond motifs is 3. The van der Waals surface area contributed by atoms with Gasteiger partial charge in [-0.1, -0.05) is 36.7 Å². The van der Waals surface area contributed by atoms with Crippen molar-refractivity contribution >= 4 is 33.2 Å². The minimum absolute atomic E-state index is 0.207. The zero-order valence-electron chi connectivity index (χ0n) is 24.3. The Morgan fingerprint density at radius 3 is 2.76 bits per heavy atom. The lowest BCUT2D eigenvalue weighted by Gasteiger charge is -2.52. The van der Waals surface area contributed by atoms with Crippen LogP contribution in [0.5, 0.6) is 5.75 Å². The first-order valence-corrected chi connectivity index (χ1v) is 16.8. The Kier molecular flexibility index (Phi) is 8.80. The van der Waals surface area contributed by atoms with Gasteiger partial charge >= 0.3 is 0 Å². The van der Waals surface area contributed by atoms with Crippen LogP contribution in [0.3, 0.4) is 0 Å². The van der Waals surface area contributed by atoms with Crippen LogP contribution in [0, 0.1) is 11.3 Å². The molecule has 0 unspecified atom stereocenters. The normalized spacial score (nSPS) is 25.7. The molecule has 1 amide bonds. The molecule has 3 aliphatic rings. The summed E-state index contributed by atoms with van der Waals surface area (Å²) >= 11 is 6.38. The van der Waals surface area contributed by atoms with Gasteiger partial charge in [0.15, 0.2) is 0 Å². The number of carbonyl (C=O) groups excluding carboxylic acids is 1. The third-order valence-electron chi connectivity index (χ3n) is 9.69. The fraction of sp³-hybridized carbons (Fsp3) is 0.485. The summed E-state index contributed by atoms with van der Waals surface area (Å²) in [5, 5.41) is 11.7. The highest BCUT2D eigenvalue weighted by atomic mass is 35.5. The van der Waals surface area contributed by atoms with E-state index in [1.807, 2.05) is 6.07 Å². The molecule has 9 heteroatoms. The molecule has 4 atom stereocenters. The Balaban J connectivity index is 1.52. The monoisotopic (exact) mass is 612 g/mol. The number of rotatable bonds is 10. The fourth-order valence-electron chi connectivity index (χ4n) is 6.98. The molecule has 1 spiro atoms. The second-order valence-electron chi connectivity index (χ2n) is 12.4. The number of anilines is 1. The Morgan fingerprint density at radius 1 is 1.24 bits per heavy atom. The molecule has 2 N–H and O–H groups in total. The molecule has 5 rings (SSSR count). The van der Waals surface area contributed by atoms with Gasteiger partial charge in [0.2, 0.25) is 10.0 Å². The maximum atomic E-state index is 13.1. The summed E-state index contributed by atoms with van der Waals surface area (Å²) in [4.78, 5) is 15.4. The van der Waals surface area contributed by atoms with Crippen LogP contribution in [0.1, 0.15) is 66.9 Å². The van der Waals surface area contributed by atoms with E-state index in [-0.39, 0.29) is 34.5 Å². The molecule has 0 aromatic heterocycles. The average molecular weight is 613 g/mol. The zero-order valence-corrected chi connectivity index (χ0v) is 25.9. The standard InChI is InChI=1S/C33H41ClN2O5S/c1-4-6-17-42(39,40)35-31(38)24-10-13-29-28(19-24)36(20-25-14-16-32(25,3)30(37)8-5-2)21-33(22-41-29)15-7-9-23-18-26(34)11-12-27(23)33/h4-5,10-13,18-19,25,30,37H,1-2,6-9,14-17,20-22H2,3H3,(H,35,38)/t25-,30+,32+,33-/m0/s1. The lowest BCUT2D eigenvalue weighted by atomic mass is 9.57. The second-order valence-corrected chi connectivity index (χ2v) is 14.7. The quantitative estimate of drug-likeness (QED) is 0.329. The number of benzene rings is 2. The molecule has 2 aliphatic carbocycles. The van der Waals surface area contributed by atoms with Gasteiger partial charge in [-0.25, -0.2) is 13.1 Å². The van der Waals surface area contributed by atoms with Gasteiger partial charge in [0.1, 0.15) is 5.75 Å². The van der Waals surface area contributed by atoms with Crippen LogP contribution < -0.4 is 14.4 Å². The van der Waals surface area contributed by atoms with Crippen LogP contribution in [0.15, 0.2) is 61.7 Å². The summed E-state index contributed by atoms with van der Waals surface area (Å²) in [6.45, 7) is 11.4. The van der Waals surface area contributed by atoms with Gasteiger partial charge in [-0.3, -0.25) is 4.79 Å². The molecular weight excluding hydrogens is 572 g/mol. The number of sulfonamides is 1. The van der Waals surface area contributed by atoms with E-state index >= 15 is 0 Å². The van der Waals surface area contributed by atoms with Crippen molar-refractivity contribution in [1.82, 2.24) is 4.72 Å². The Morgan fingerprint density at radius 2 is 2.05 bits per heavy atom. The van der Waals surface area contributed by atoms with Crippen LogP contribution in [-0.4, -0.2) is 51.0 Å². The maximum absolute atomic E-state index is 13.1. The summed E-state index contributed by atoms with van der Waals surface area (Å²) in [5.74, 6) is 0.00211. The number of hydrogen-bond acceptors (Lipinski definition) is 6. The van der Waals surface area contributed by atoms with Crippen molar-refractivity contribution in [2.45, 2.75) is 63.4 Å². The molecule has 1 aliphatic heterocycles. The molecule has 0 saturated heterocycles. The number of amides is 1. The van der Waals surface area contributed by atoms with Crippen molar-refractivity contribution in [2.24, 2.45) is 11.3 Å². The van der Waals surface area contributed by atoms with Gasteiger partial charge in [-0.15, -0.1) is 13.2 Å². The highest BCUT2D eigenvalue weighted by Crippen LogP contribution is 2.52. The van der Waals surface area contributed by atoms with E-state index in [0.717, 1.165) is 42.8 Å². The topological polar surface area (TPSA) is 95.9 Å². The van der Waals surface area contributed by atoms with E-state index < -0.39 is 22.0 Å². The van der Waals surface area contributed by atoms with Gasteiger partial charge in [0, 0.05) is 29.1 Å². The highest BCUT2D eigenvalue weighted by Gasteiger charge is 2.49. The number of nitrogens with one attached hydrogen (secondary N) is 1. The summed E-state index contributed by atoms with van der Waals surface area (Å²) in [5.41, 5.74) is 2.96. The lowest BCUT2D eigenvalue weighted by Crippen LogP contribution is -2.53. The number of nitrogens with zero attached hydrogens (tertiary/aromatic N) is 1. The number of allylic oxidation sites excluding steroid dienone is 1. The predicted molar refractivity (Wildman–Crippen MR) is 168 cm³/mol. The Bertz CT molecular complexity index is 1480. The predicted octanol–water partition coefficient (Wildman–Crippen LogP) is 5.80. The summed E-state index contributed by atoms with van der Waals surface area (Å²) in [6, 6.07) is 11.3. The van der Waals surface area contributed by atoms with Gasteiger partial charge in [-0.05, 0) is 97.7 Å². The largest absolute Gasteiger partial charge is 0.490 e. The number of carbonyl (C=O) groups is 1. The van der Waals surface area contributed by atoms with Gasteiger partial charge in [0.05, 0.1) is 24.2 Å². The van der Waals surface area contributed by atoms with Gasteiger partial charge in [0.25, 0.3) is 5.91 Å². The van der Waals surface area contributed by atoms with E-state index in [0.29, 0.717) is 31.9 Å². The molecule has 1 saturated carbocycles. The van der Waals surface area contributed by atoms with Crippen LogP contribution in [0.4, 0.5) is 5.69 Å². The smallest absolute Gasteiger partial charge is 0.264 e. The van der Waals surface area contributed by atoms with Crippen LogP contribution in [0.2, 0.25) is 5.02 Å². The molecule has 42 heavy (non-hydrogen) atoms. The first-order chi connectivity index (χ1) is 20.0. The van der Waals surface area contributed by atoms with Crippen LogP contribution in [-0.2, 0) is 21.9 Å². The van der Waals surface area contributed by atoms with Crippen molar-refractivity contribution in [3.05, 3.63) is 83.4 Å². The van der Waals surface area contributed by atoms with E-state index in [4.69, 9.17) is 16.3 Å². The third kappa shape index (κ3) is 5.99. The molecule has 0 radical (unpaired) electrons. The first kappa shape index (κ1) is 30.6. The van der Waals surface area contributed by atoms with Crippen molar-refractivity contribution in [2.75, 3.05) is 30.3 Å². The van der Waals surface area contributed by atoms with Crippen molar-refractivity contribution in [1.29, 1.82) is 0 Å². The molecule has 1 heterocycles. The van der Waals surface area contributed by atoms with Crippen molar-refractivity contribution in [3.8, 4) is 5.75 Å². The summed E-state index contributed by atoms with van der Waals surface area (Å²) in [6.07, 6.45) is 8.42. The second kappa shape index (κ2) is 12.1. The SMILES string of the molecule is C=CCCS(=O)(=O)NC(=O)c1ccc2c(c1)N(C[C@@H]1CC[C@@]1(C)[C@H](O)CC=C)C[C@@]1(CCCc3cc(Cl)ccc31)CO2. The minimum Gasteiger partial charge on any atom is -0.490 e. The Hall–Kier alpha value is -2.81. The minimum atomic E-state index is -3.80. The van der Waals surface area contributed by atoms with Crippen molar-refractivity contribution in [3.63, 3.8) is 0 Å². The fourth-order valence-corrected chi connectivity index (χ4v) is 8.15. The van der Waals surface area contributed by atoms with E-state index in [1.54, 1.807) is 24.3 Å². The van der Waals surface area contributed by atoms with Crippen molar-refractivity contribution < 1.29 is 23.1 Å². The average Bonchev–Trinajstić information content (AvgIpc) is 3.10. The number of aliphatic hydroxyl groups is 1. The van der Waals surface area contributed by atoms with E-state index in [9.17, 15) is 18.3 Å². The molecule has 2 aromatic carbocycles. The molecule has 1 fully saturated rings. The summed E-state index contributed by atoms with van der Waals surface area (Å²) in [7, 11) is -3.80. The first-order valence-electron chi connectivity index (χ1n) is 14.8. The van der Waals surface area contributed by atoms with Gasteiger partial charge < -0.3 is 14.7 Å². The molecular formula is C33H41ClN2O5S. The number of ether oxygens (including phenoxy) is 1. The molecule has 226 valence electrons. The highest BCUT2D eigenvalue weighted by molar-refractivity contribution is 7.90. The molecule has 2 aromatic rings. The number of aryl methyl sites for hydroxylation is 1. The van der Waals surface area contributed by atoms with Crippen LogP contribution in [0.25, 0.3) is 0 Å². The number of halogens is 1.